The predicted octanol–water partition coefficient (Wildman–Crippen LogP) is 10.1. The molecule has 412 valence electrons. The van der Waals surface area contributed by atoms with Gasteiger partial charge in [0.05, 0.1) is 36.8 Å². The van der Waals surface area contributed by atoms with Crippen molar-refractivity contribution in [1.29, 1.82) is 0 Å². The van der Waals surface area contributed by atoms with E-state index in [1.807, 2.05) is 42.5 Å². The number of fused-ring (bicyclic) bond motifs is 9. The number of phenolic OH excluding ortho intramolecular Hbond substituents is 1. The molecule has 0 spiro atoms. The van der Waals surface area contributed by atoms with E-state index in [9.17, 15) is 35.1 Å². The molecule has 12 nitrogen and oxygen atoms in total. The number of ether oxygens (including phenoxy) is 3. The van der Waals surface area contributed by atoms with Crippen LogP contribution in [0.1, 0.15) is 192 Å². The molecule has 0 radical (unpaired) electrons. The molecule has 3 aliphatic heterocycles. The molecular weight excluding hydrogens is 971 g/mol. The van der Waals surface area contributed by atoms with Gasteiger partial charge in [-0.1, -0.05) is 100.0 Å². The van der Waals surface area contributed by atoms with Crippen LogP contribution >= 0.6 is 0 Å². The van der Waals surface area contributed by atoms with Crippen molar-refractivity contribution in [1.82, 2.24) is 0 Å². The Bertz CT molecular complexity index is 2780. The molecule has 0 saturated heterocycles. The molecule has 11 atom stereocenters. The maximum Gasteiger partial charge on any atom is 0.334 e. The van der Waals surface area contributed by atoms with Gasteiger partial charge in [0.25, 0.3) is 0 Å². The van der Waals surface area contributed by atoms with Gasteiger partial charge in [0.15, 0.2) is 0 Å². The Morgan fingerprint density at radius 2 is 1.56 bits per heavy atom. The molecule has 8 aliphatic rings. The number of aromatic hydroxyl groups is 1. The molecule has 0 aromatic heterocycles. The van der Waals surface area contributed by atoms with E-state index >= 15 is 4.79 Å². The minimum absolute atomic E-state index is 0.00774. The van der Waals surface area contributed by atoms with Crippen LogP contribution in [0, 0.1) is 41.4 Å². The van der Waals surface area contributed by atoms with Gasteiger partial charge in [0.2, 0.25) is 0 Å². The Morgan fingerprint density at radius 1 is 0.818 bits per heavy atom. The number of hydrogen-bond donors (Lipinski definition) is 6. The average molecular weight is 1050 g/mol. The van der Waals surface area contributed by atoms with Crippen molar-refractivity contribution in [3.05, 3.63) is 99.1 Å². The number of ketones is 1. The van der Waals surface area contributed by atoms with Gasteiger partial charge < -0.3 is 45.1 Å². The molecule has 5 fully saturated rings. The zero-order chi connectivity index (χ0) is 53.4. The molecule has 3 aromatic rings. The number of carbonyl (C=O) groups excluding carboxylic acids is 3. The first-order valence-corrected chi connectivity index (χ1v) is 29.6. The number of aliphatic hydroxyl groups is 4. The minimum Gasteiger partial charge on any atom is -0.507 e. The van der Waals surface area contributed by atoms with Crippen LogP contribution in [0.2, 0.25) is 0 Å². The fraction of sp³-hybridized carbons (Fsp3) is 0.615. The monoisotopic (exact) mass is 1050 g/mol. The summed E-state index contributed by atoms with van der Waals surface area (Å²) < 4.78 is 19.4. The number of Topliss-reactive ketones (excluding diaryl/α,β-unsaturated/α-hetero) is 1. The first kappa shape index (κ1) is 53.9. The summed E-state index contributed by atoms with van der Waals surface area (Å²) in [6, 6.07) is 15.5. The van der Waals surface area contributed by atoms with Crippen LogP contribution < -0.4 is 10.1 Å². The first-order valence-electron chi connectivity index (χ1n) is 29.6. The molecule has 11 rings (SSSR count). The maximum atomic E-state index is 15.7. The van der Waals surface area contributed by atoms with Gasteiger partial charge in [0, 0.05) is 73.1 Å². The lowest BCUT2D eigenvalue weighted by atomic mass is 9.48. The van der Waals surface area contributed by atoms with Gasteiger partial charge in [-0.15, -0.1) is 0 Å². The lowest BCUT2D eigenvalue weighted by Gasteiger charge is -2.59. The highest BCUT2D eigenvalue weighted by molar-refractivity contribution is 5.89. The maximum absolute atomic E-state index is 15.7. The molecule has 6 N–H and O–H groups in total. The molecule has 0 amide bonds. The number of hydrogen-bond acceptors (Lipinski definition) is 12. The molecule has 5 saturated carbocycles. The number of carbonyl (C=O) groups is 3. The third-order valence-corrected chi connectivity index (χ3v) is 19.6. The second-order valence-electron chi connectivity index (χ2n) is 24.9. The van der Waals surface area contributed by atoms with Gasteiger partial charge in [-0.25, -0.2) is 4.79 Å². The van der Waals surface area contributed by atoms with E-state index < -0.39 is 47.2 Å². The van der Waals surface area contributed by atoms with Crippen molar-refractivity contribution >= 4 is 23.4 Å². The van der Waals surface area contributed by atoms with Gasteiger partial charge in [-0.2, -0.15) is 0 Å². The lowest BCUT2D eigenvalue weighted by Crippen LogP contribution is -2.65. The van der Waals surface area contributed by atoms with Crippen molar-refractivity contribution in [2.45, 2.75) is 208 Å². The second kappa shape index (κ2) is 23.0. The number of rotatable bonds is 10. The standard InChI is InChI=1S/C65H81NO11/c1-64(73,23-24-75-51-16-6-3-7-17-51)38-66-49-27-41(37-67)26-46(31-49)43-19-20-44-36-59(70)77-62-52(44)34-47(61(71)60(62)42-13-4-2-5-14-42)35-58-65(74)55-18-9-8-15-45(55)33-53-54(57(69)22-21-56(53)65)29-40-12-10-11-39(25-40)28-50(68)32-48(30-43)63(72)76-58/h10-12,25-27,31-32,34,42-45,50-51,53-56,58,66-68,71,73-74H,2-9,13-18,21-24,28-30,33,35-38H2,1H3. The van der Waals surface area contributed by atoms with Crippen LogP contribution in [-0.2, 0) is 49.7 Å². The summed E-state index contributed by atoms with van der Waals surface area (Å²) in [5.74, 6) is 3.83. The summed E-state index contributed by atoms with van der Waals surface area (Å²) in [5, 5.41) is 65.0. The smallest absolute Gasteiger partial charge is 0.334 e. The number of anilines is 1. The van der Waals surface area contributed by atoms with E-state index in [1.54, 1.807) is 13.0 Å². The highest BCUT2D eigenvalue weighted by Gasteiger charge is 2.62. The third-order valence-electron chi connectivity index (χ3n) is 19.6. The molecule has 3 aromatic carbocycles. The van der Waals surface area contributed by atoms with Crippen molar-refractivity contribution in [2.24, 2.45) is 29.6 Å². The van der Waals surface area contributed by atoms with Crippen LogP contribution in [0.4, 0.5) is 5.69 Å². The molecule has 12 heteroatoms. The van der Waals surface area contributed by atoms with Gasteiger partial charge in [0.1, 0.15) is 29.0 Å². The van der Waals surface area contributed by atoms with E-state index in [4.69, 9.17) is 14.2 Å². The second-order valence-corrected chi connectivity index (χ2v) is 24.9. The number of nitrogens with one attached hydrogen (secondary N) is 1. The van der Waals surface area contributed by atoms with Gasteiger partial charge >= 0.3 is 11.9 Å². The van der Waals surface area contributed by atoms with Crippen molar-refractivity contribution in [2.75, 3.05) is 18.5 Å². The summed E-state index contributed by atoms with van der Waals surface area (Å²) in [4.78, 5) is 43.9. The molecule has 5 aliphatic carbocycles. The summed E-state index contributed by atoms with van der Waals surface area (Å²) in [5.41, 5.74) is 2.92. The SMILES string of the molecule is CC(O)(CCOC1CCCCC1)CNc1cc(CO)cc(C2C#CC3CC(=O)Oc4c3cc(c(O)c4C3CCCCC3)CC3OC(=O)C(=CC(O)Cc4cccc(c4)CC4C(=O)CCC5C4CC4CCCCC4C35O)C2)c1. The summed E-state index contributed by atoms with van der Waals surface area (Å²) in [7, 11) is 0. The van der Waals surface area contributed by atoms with Gasteiger partial charge in [-0.05, 0) is 146 Å². The number of phenols is 1. The first-order chi connectivity index (χ1) is 37.2. The van der Waals surface area contributed by atoms with Crippen LogP contribution in [0.25, 0.3) is 0 Å². The lowest BCUT2D eigenvalue weighted by molar-refractivity contribution is -0.228. The van der Waals surface area contributed by atoms with E-state index in [1.165, 1.54) is 6.42 Å². The Kier molecular flexibility index (Phi) is 16.1. The molecular formula is C65H81NO11. The van der Waals surface area contributed by atoms with Crippen LogP contribution in [-0.4, -0.2) is 85.9 Å². The highest BCUT2D eigenvalue weighted by atomic mass is 16.6. The minimum atomic E-state index is -1.59. The Labute approximate surface area is 454 Å². The van der Waals surface area contributed by atoms with E-state index in [0.717, 1.165) is 101 Å². The molecule has 10 bridgehead atoms. The molecule has 3 heterocycles. The Hall–Kier alpha value is -5.03. The fourth-order valence-corrected chi connectivity index (χ4v) is 15.6. The zero-order valence-electron chi connectivity index (χ0n) is 45.1. The fourth-order valence-electron chi connectivity index (χ4n) is 15.6. The summed E-state index contributed by atoms with van der Waals surface area (Å²) in [6.45, 7) is 2.11. The number of esters is 2. The molecule has 77 heavy (non-hydrogen) atoms. The van der Waals surface area contributed by atoms with Crippen LogP contribution in [0.3, 0.4) is 0 Å². The third kappa shape index (κ3) is 11.5. The average Bonchev–Trinajstić information content (AvgIpc) is 3.44. The van der Waals surface area contributed by atoms with Crippen LogP contribution in [0.15, 0.2) is 60.2 Å². The van der Waals surface area contributed by atoms with Gasteiger partial charge in [-0.3, -0.25) is 9.59 Å². The Balaban J connectivity index is 1.06. The van der Waals surface area contributed by atoms with Crippen LogP contribution in [0.5, 0.6) is 11.5 Å². The number of aliphatic hydroxyl groups excluding tert-OH is 2. The number of benzene rings is 3. The highest BCUT2D eigenvalue weighted by Crippen LogP contribution is 2.59. The zero-order valence-corrected chi connectivity index (χ0v) is 45.1. The summed E-state index contributed by atoms with van der Waals surface area (Å²) >= 11 is 0. The molecule has 11 unspecified atom stereocenters. The topological polar surface area (TPSA) is 192 Å². The predicted molar refractivity (Wildman–Crippen MR) is 292 cm³/mol. The van der Waals surface area contributed by atoms with Crippen molar-refractivity contribution < 1.29 is 54.1 Å². The Morgan fingerprint density at radius 3 is 2.35 bits per heavy atom. The van der Waals surface area contributed by atoms with E-state index in [-0.39, 0.29) is 97.6 Å². The summed E-state index contributed by atoms with van der Waals surface area (Å²) in [6.07, 6.45) is 15.8. The van der Waals surface area contributed by atoms with Crippen molar-refractivity contribution in [3.8, 4) is 23.3 Å². The van der Waals surface area contributed by atoms with E-state index in [2.05, 4.69) is 23.2 Å². The van der Waals surface area contributed by atoms with Crippen molar-refractivity contribution in [3.63, 3.8) is 0 Å². The quantitative estimate of drug-likeness (QED) is 0.0641. The largest absolute Gasteiger partial charge is 0.507 e. The normalized spacial score (nSPS) is 31.7. The van der Waals surface area contributed by atoms with E-state index in [0.29, 0.717) is 71.5 Å².